The lowest BCUT2D eigenvalue weighted by Crippen LogP contribution is -2.17. The molecule has 1 atom stereocenters. The molecule has 17 heavy (non-hydrogen) atoms. The largest absolute Gasteiger partial charge is 0.496 e. The number of hydrogen-bond donors (Lipinski definition) is 0. The first-order chi connectivity index (χ1) is 8.01. The lowest BCUT2D eigenvalue weighted by molar-refractivity contribution is -0.122. The Bertz CT molecular complexity index is 458. The van der Waals surface area contributed by atoms with Crippen molar-refractivity contribution in [3.8, 4) is 11.8 Å². The number of nitrogens with zero attached hydrogens (tertiary/aromatic N) is 1. The summed E-state index contributed by atoms with van der Waals surface area (Å²) in [6.07, 6.45) is 0. The Labute approximate surface area is 102 Å². The van der Waals surface area contributed by atoms with Crippen molar-refractivity contribution in [1.29, 1.82) is 5.26 Å². The molecule has 0 aliphatic carbocycles. The third-order valence-electron chi connectivity index (χ3n) is 2.68. The monoisotopic (exact) mass is 231 g/mol. The maximum atomic E-state index is 12.0. The zero-order valence-corrected chi connectivity index (χ0v) is 10.7. The molecule has 3 nitrogen and oxygen atoms in total. The zero-order valence-electron chi connectivity index (χ0n) is 10.7. The number of rotatable bonds is 4. The summed E-state index contributed by atoms with van der Waals surface area (Å²) < 4.78 is 5.21. The molecule has 1 aromatic carbocycles. The van der Waals surface area contributed by atoms with Crippen LogP contribution in [-0.2, 0) is 4.79 Å². The number of benzene rings is 1. The molecule has 0 heterocycles. The van der Waals surface area contributed by atoms with Crippen molar-refractivity contribution >= 4 is 5.78 Å². The standard InChI is InChI=1S/C14H17NO2/c1-9(2)14(16)12(8-15)11-7-10(3)5-6-13(11)17-4/h5-7,9,12H,1-4H3. The lowest BCUT2D eigenvalue weighted by Gasteiger charge is -2.15. The molecule has 0 saturated heterocycles. The average molecular weight is 231 g/mol. The normalized spacial score (nSPS) is 12.0. The molecule has 0 saturated carbocycles. The van der Waals surface area contributed by atoms with Gasteiger partial charge in [-0.3, -0.25) is 4.79 Å². The zero-order chi connectivity index (χ0) is 13.0. The summed E-state index contributed by atoms with van der Waals surface area (Å²) in [4.78, 5) is 12.0. The maximum absolute atomic E-state index is 12.0. The molecule has 1 aromatic rings. The first-order valence-electron chi connectivity index (χ1n) is 5.59. The van der Waals surface area contributed by atoms with Crippen LogP contribution in [0, 0.1) is 24.2 Å². The van der Waals surface area contributed by atoms with E-state index in [1.165, 1.54) is 0 Å². The van der Waals surface area contributed by atoms with Crippen molar-refractivity contribution in [2.45, 2.75) is 26.7 Å². The predicted octanol–water partition coefficient (Wildman–Crippen LogP) is 2.84. The fourth-order valence-corrected chi connectivity index (χ4v) is 1.70. The van der Waals surface area contributed by atoms with Crippen molar-refractivity contribution < 1.29 is 9.53 Å². The van der Waals surface area contributed by atoms with Crippen molar-refractivity contribution in [3.05, 3.63) is 29.3 Å². The first-order valence-corrected chi connectivity index (χ1v) is 5.59. The Morgan fingerprint density at radius 1 is 1.41 bits per heavy atom. The van der Waals surface area contributed by atoms with Crippen LogP contribution < -0.4 is 4.74 Å². The van der Waals surface area contributed by atoms with E-state index in [-0.39, 0.29) is 11.7 Å². The Morgan fingerprint density at radius 3 is 2.53 bits per heavy atom. The molecule has 0 bridgehead atoms. The van der Waals surface area contributed by atoms with E-state index in [9.17, 15) is 10.1 Å². The van der Waals surface area contributed by atoms with Gasteiger partial charge in [-0.15, -0.1) is 0 Å². The molecule has 0 aliphatic heterocycles. The molecular weight excluding hydrogens is 214 g/mol. The number of hydrogen-bond acceptors (Lipinski definition) is 3. The highest BCUT2D eigenvalue weighted by Crippen LogP contribution is 2.29. The number of aryl methyl sites for hydroxylation is 1. The lowest BCUT2D eigenvalue weighted by atomic mass is 9.88. The number of methoxy groups -OCH3 is 1. The van der Waals surface area contributed by atoms with E-state index in [4.69, 9.17) is 4.74 Å². The van der Waals surface area contributed by atoms with Crippen LogP contribution in [0.25, 0.3) is 0 Å². The van der Waals surface area contributed by atoms with Crippen LogP contribution in [-0.4, -0.2) is 12.9 Å². The molecule has 0 amide bonds. The van der Waals surface area contributed by atoms with Gasteiger partial charge in [0, 0.05) is 11.5 Å². The third-order valence-corrected chi connectivity index (χ3v) is 2.68. The molecule has 0 aromatic heterocycles. The summed E-state index contributed by atoms with van der Waals surface area (Å²) in [5.41, 5.74) is 1.67. The van der Waals surface area contributed by atoms with E-state index >= 15 is 0 Å². The third kappa shape index (κ3) is 2.85. The minimum absolute atomic E-state index is 0.0728. The molecule has 0 radical (unpaired) electrons. The SMILES string of the molecule is COc1ccc(C)cc1C(C#N)C(=O)C(C)C. The molecule has 0 aliphatic rings. The smallest absolute Gasteiger partial charge is 0.157 e. The molecule has 90 valence electrons. The highest BCUT2D eigenvalue weighted by atomic mass is 16.5. The minimum Gasteiger partial charge on any atom is -0.496 e. The van der Waals surface area contributed by atoms with Gasteiger partial charge in [0.2, 0.25) is 0 Å². The molecule has 0 N–H and O–H groups in total. The summed E-state index contributed by atoms with van der Waals surface area (Å²) in [7, 11) is 1.54. The van der Waals surface area contributed by atoms with Gasteiger partial charge in [0.1, 0.15) is 11.7 Å². The molecule has 1 rings (SSSR count). The maximum Gasteiger partial charge on any atom is 0.157 e. The predicted molar refractivity (Wildman–Crippen MR) is 65.9 cm³/mol. The van der Waals surface area contributed by atoms with E-state index in [0.717, 1.165) is 5.56 Å². The minimum atomic E-state index is -0.746. The van der Waals surface area contributed by atoms with Crippen molar-refractivity contribution in [3.63, 3.8) is 0 Å². The first kappa shape index (κ1) is 13.2. The Morgan fingerprint density at radius 2 is 2.06 bits per heavy atom. The van der Waals surface area contributed by atoms with Crippen LogP contribution in [0.1, 0.15) is 30.9 Å². The highest BCUT2D eigenvalue weighted by Gasteiger charge is 2.25. The van der Waals surface area contributed by atoms with Gasteiger partial charge in [0.15, 0.2) is 5.78 Å². The van der Waals surface area contributed by atoms with Gasteiger partial charge in [0.25, 0.3) is 0 Å². The van der Waals surface area contributed by atoms with Crippen LogP contribution >= 0.6 is 0 Å². The number of carbonyl (C=O) groups is 1. The summed E-state index contributed by atoms with van der Waals surface area (Å²) in [5, 5.41) is 9.18. The van der Waals surface area contributed by atoms with Gasteiger partial charge < -0.3 is 4.74 Å². The Balaban J connectivity index is 3.25. The summed E-state index contributed by atoms with van der Waals surface area (Å²) >= 11 is 0. The van der Waals surface area contributed by atoms with Crippen LogP contribution in [0.5, 0.6) is 5.75 Å². The summed E-state index contributed by atoms with van der Waals surface area (Å²) in [6, 6.07) is 7.61. The molecular formula is C14H17NO2. The van der Waals surface area contributed by atoms with Crippen LogP contribution in [0.15, 0.2) is 18.2 Å². The number of nitriles is 1. The second-order valence-corrected chi connectivity index (χ2v) is 4.36. The Kier molecular flexibility index (Phi) is 4.28. The molecule has 1 unspecified atom stereocenters. The van der Waals surface area contributed by atoms with Crippen LogP contribution in [0.3, 0.4) is 0 Å². The number of ketones is 1. The summed E-state index contributed by atoms with van der Waals surface area (Å²) in [6.45, 7) is 5.53. The van der Waals surface area contributed by atoms with Gasteiger partial charge in [-0.2, -0.15) is 5.26 Å². The summed E-state index contributed by atoms with van der Waals surface area (Å²) in [5.74, 6) is -0.387. The van der Waals surface area contributed by atoms with E-state index < -0.39 is 5.92 Å². The van der Waals surface area contributed by atoms with E-state index in [1.54, 1.807) is 27.0 Å². The van der Waals surface area contributed by atoms with E-state index in [0.29, 0.717) is 11.3 Å². The van der Waals surface area contributed by atoms with E-state index in [2.05, 4.69) is 6.07 Å². The van der Waals surface area contributed by atoms with Crippen LogP contribution in [0.2, 0.25) is 0 Å². The molecule has 0 spiro atoms. The quantitative estimate of drug-likeness (QED) is 0.800. The fraction of sp³-hybridized carbons (Fsp3) is 0.429. The number of Topliss-reactive ketones (excluding diaryl/α,β-unsaturated/α-hetero) is 1. The second-order valence-electron chi connectivity index (χ2n) is 4.36. The topological polar surface area (TPSA) is 50.1 Å². The van der Waals surface area contributed by atoms with Crippen molar-refractivity contribution in [1.82, 2.24) is 0 Å². The highest BCUT2D eigenvalue weighted by molar-refractivity contribution is 5.90. The Hall–Kier alpha value is -1.82. The number of carbonyl (C=O) groups excluding carboxylic acids is 1. The van der Waals surface area contributed by atoms with Gasteiger partial charge >= 0.3 is 0 Å². The van der Waals surface area contributed by atoms with Crippen molar-refractivity contribution in [2.75, 3.05) is 7.11 Å². The van der Waals surface area contributed by atoms with Gasteiger partial charge in [-0.05, 0) is 13.0 Å². The number of ether oxygens (including phenoxy) is 1. The average Bonchev–Trinajstić information content (AvgIpc) is 2.30. The fourth-order valence-electron chi connectivity index (χ4n) is 1.70. The van der Waals surface area contributed by atoms with Gasteiger partial charge in [0.05, 0.1) is 13.2 Å². The molecule has 0 fully saturated rings. The van der Waals surface area contributed by atoms with Gasteiger partial charge in [-0.25, -0.2) is 0 Å². The van der Waals surface area contributed by atoms with Gasteiger partial charge in [-0.1, -0.05) is 31.5 Å². The molecule has 3 heteroatoms. The van der Waals surface area contributed by atoms with Crippen LogP contribution in [0.4, 0.5) is 0 Å². The van der Waals surface area contributed by atoms with Crippen molar-refractivity contribution in [2.24, 2.45) is 5.92 Å². The van der Waals surface area contributed by atoms with E-state index in [1.807, 2.05) is 19.1 Å². The second kappa shape index (κ2) is 5.49.